The standard InChI is InChI=1S/C21H26ClNO3/c1-20(2,15-3-5-16(22)6-4-15)18(24)23-17-13-7-12-8-14(17)11-21(9-12,10-13)19(25)26/h3-6,12-14,17H,7-11H2,1-2H3,(H,23,24)(H,25,26)/t12?,13-,14+,17?,21?. The molecule has 140 valence electrons. The highest BCUT2D eigenvalue weighted by Gasteiger charge is 2.59. The summed E-state index contributed by atoms with van der Waals surface area (Å²) in [6.45, 7) is 3.86. The molecule has 1 amide bonds. The highest BCUT2D eigenvalue weighted by atomic mass is 35.5. The Hall–Kier alpha value is -1.55. The third kappa shape index (κ3) is 2.74. The molecule has 4 aliphatic rings. The lowest BCUT2D eigenvalue weighted by molar-refractivity contribution is -0.168. The van der Waals surface area contributed by atoms with Crippen LogP contribution < -0.4 is 5.32 Å². The lowest BCUT2D eigenvalue weighted by Crippen LogP contribution is -2.62. The van der Waals surface area contributed by atoms with E-state index >= 15 is 0 Å². The first kappa shape index (κ1) is 17.8. The molecule has 4 bridgehead atoms. The van der Waals surface area contributed by atoms with E-state index in [0.29, 0.717) is 35.6 Å². The van der Waals surface area contributed by atoms with Gasteiger partial charge in [-0.15, -0.1) is 0 Å². The van der Waals surface area contributed by atoms with Crippen molar-refractivity contribution < 1.29 is 14.7 Å². The number of benzene rings is 1. The molecule has 0 aromatic heterocycles. The van der Waals surface area contributed by atoms with E-state index in [1.807, 2.05) is 38.1 Å². The van der Waals surface area contributed by atoms with Crippen molar-refractivity contribution in [2.45, 2.75) is 57.4 Å². The first-order valence-corrected chi connectivity index (χ1v) is 9.89. The van der Waals surface area contributed by atoms with Gasteiger partial charge in [-0.1, -0.05) is 23.7 Å². The summed E-state index contributed by atoms with van der Waals surface area (Å²) in [6, 6.07) is 7.53. The van der Waals surface area contributed by atoms with Crippen molar-refractivity contribution in [1.82, 2.24) is 5.32 Å². The molecule has 5 atom stereocenters. The molecule has 4 nitrogen and oxygen atoms in total. The van der Waals surface area contributed by atoms with Crippen LogP contribution in [0.1, 0.15) is 51.5 Å². The summed E-state index contributed by atoms with van der Waals surface area (Å²) in [5.74, 6) is 0.482. The predicted molar refractivity (Wildman–Crippen MR) is 100 cm³/mol. The second kappa shape index (κ2) is 5.98. The minimum absolute atomic E-state index is 0.0154. The second-order valence-corrected chi connectivity index (χ2v) is 9.62. The molecule has 3 unspecified atom stereocenters. The number of rotatable bonds is 4. The molecule has 0 radical (unpaired) electrons. The normalized spacial score (nSPS) is 35.3. The second-order valence-electron chi connectivity index (χ2n) is 9.19. The van der Waals surface area contributed by atoms with Crippen LogP contribution in [-0.4, -0.2) is 23.0 Å². The number of carbonyl (C=O) groups is 2. The molecule has 2 N–H and O–H groups in total. The largest absolute Gasteiger partial charge is 0.481 e. The van der Waals surface area contributed by atoms with Crippen LogP contribution in [0.3, 0.4) is 0 Å². The van der Waals surface area contributed by atoms with Crippen molar-refractivity contribution in [3.05, 3.63) is 34.9 Å². The number of halogens is 1. The van der Waals surface area contributed by atoms with Crippen LogP contribution in [0, 0.1) is 23.2 Å². The summed E-state index contributed by atoms with van der Waals surface area (Å²) in [4.78, 5) is 25.0. The van der Waals surface area contributed by atoms with Crippen LogP contribution in [0.15, 0.2) is 24.3 Å². The van der Waals surface area contributed by atoms with E-state index < -0.39 is 16.8 Å². The van der Waals surface area contributed by atoms with Gasteiger partial charge < -0.3 is 10.4 Å². The molecule has 4 saturated carbocycles. The molecule has 1 aromatic carbocycles. The average Bonchev–Trinajstić information content (AvgIpc) is 2.57. The van der Waals surface area contributed by atoms with Crippen LogP contribution in [0.25, 0.3) is 0 Å². The number of carbonyl (C=O) groups excluding carboxylic acids is 1. The molecule has 0 aliphatic heterocycles. The predicted octanol–water partition coefficient (Wildman–Crippen LogP) is 4.01. The van der Waals surface area contributed by atoms with Gasteiger partial charge in [-0.2, -0.15) is 0 Å². The van der Waals surface area contributed by atoms with Crippen LogP contribution in [0.4, 0.5) is 0 Å². The number of carboxylic acids is 1. The fraction of sp³-hybridized carbons (Fsp3) is 0.619. The highest BCUT2D eigenvalue weighted by molar-refractivity contribution is 6.30. The lowest BCUT2D eigenvalue weighted by atomic mass is 9.48. The maximum Gasteiger partial charge on any atom is 0.309 e. The van der Waals surface area contributed by atoms with Gasteiger partial charge in [0.15, 0.2) is 0 Å². The summed E-state index contributed by atoms with van der Waals surface area (Å²) in [6.07, 6.45) is 4.35. The molecular formula is C21H26ClNO3. The third-order valence-corrected chi connectivity index (χ3v) is 7.41. The van der Waals surface area contributed by atoms with E-state index in [-0.39, 0.29) is 11.9 Å². The van der Waals surface area contributed by atoms with Gasteiger partial charge in [0.05, 0.1) is 10.8 Å². The Bertz CT molecular complexity index is 726. The van der Waals surface area contributed by atoms with E-state index in [0.717, 1.165) is 24.8 Å². The Labute approximate surface area is 159 Å². The molecule has 4 fully saturated rings. The summed E-state index contributed by atoms with van der Waals surface area (Å²) in [5, 5.41) is 13.7. The highest BCUT2D eigenvalue weighted by Crippen LogP contribution is 2.60. The Morgan fingerprint density at radius 2 is 1.69 bits per heavy atom. The van der Waals surface area contributed by atoms with Gasteiger partial charge in [0.1, 0.15) is 0 Å². The molecule has 5 heteroatoms. The van der Waals surface area contributed by atoms with Crippen LogP contribution in [-0.2, 0) is 15.0 Å². The van der Waals surface area contributed by atoms with Gasteiger partial charge in [0, 0.05) is 11.1 Å². The SMILES string of the molecule is CC(C)(C(=O)NC1[C@@H]2CC3C[C@H]1CC(C(=O)O)(C3)C2)c1ccc(Cl)cc1. The molecule has 26 heavy (non-hydrogen) atoms. The Morgan fingerprint density at radius 1 is 1.12 bits per heavy atom. The zero-order valence-corrected chi connectivity index (χ0v) is 16.1. The molecule has 0 spiro atoms. The summed E-state index contributed by atoms with van der Waals surface area (Å²) in [7, 11) is 0. The fourth-order valence-corrected chi connectivity index (χ4v) is 5.98. The van der Waals surface area contributed by atoms with Gasteiger partial charge in [-0.3, -0.25) is 9.59 Å². The Morgan fingerprint density at radius 3 is 2.23 bits per heavy atom. The van der Waals surface area contributed by atoms with Gasteiger partial charge in [-0.25, -0.2) is 0 Å². The molecule has 4 aliphatic carbocycles. The first-order chi connectivity index (χ1) is 12.2. The topological polar surface area (TPSA) is 66.4 Å². The van der Waals surface area contributed by atoms with Gasteiger partial charge in [-0.05, 0) is 81.4 Å². The smallest absolute Gasteiger partial charge is 0.309 e. The van der Waals surface area contributed by atoms with E-state index in [4.69, 9.17) is 11.6 Å². The van der Waals surface area contributed by atoms with Crippen molar-refractivity contribution >= 4 is 23.5 Å². The number of carboxylic acid groups (broad SMARTS) is 1. The molecule has 5 rings (SSSR count). The zero-order valence-electron chi connectivity index (χ0n) is 15.3. The number of nitrogens with one attached hydrogen (secondary N) is 1. The van der Waals surface area contributed by atoms with Crippen molar-refractivity contribution in [2.24, 2.45) is 23.2 Å². The van der Waals surface area contributed by atoms with Crippen molar-refractivity contribution in [1.29, 1.82) is 0 Å². The lowest BCUT2D eigenvalue weighted by Gasteiger charge is -2.58. The van der Waals surface area contributed by atoms with Gasteiger partial charge in [0.2, 0.25) is 5.91 Å². The maximum atomic E-state index is 13.1. The zero-order chi connectivity index (χ0) is 18.7. The molecule has 1 aromatic rings. The van der Waals surface area contributed by atoms with Crippen LogP contribution >= 0.6 is 11.6 Å². The summed E-state index contributed by atoms with van der Waals surface area (Å²) < 4.78 is 0. The minimum atomic E-state index is -0.649. The number of aliphatic carboxylic acids is 1. The van der Waals surface area contributed by atoms with Crippen molar-refractivity contribution in [3.8, 4) is 0 Å². The number of hydrogen-bond acceptors (Lipinski definition) is 2. The molecule has 0 saturated heterocycles. The monoisotopic (exact) mass is 375 g/mol. The summed E-state index contributed by atoms with van der Waals surface area (Å²) in [5.41, 5.74) is -0.252. The third-order valence-electron chi connectivity index (χ3n) is 7.16. The quantitative estimate of drug-likeness (QED) is 0.835. The molecule has 0 heterocycles. The van der Waals surface area contributed by atoms with E-state index in [2.05, 4.69) is 5.32 Å². The number of hydrogen-bond donors (Lipinski definition) is 2. The maximum absolute atomic E-state index is 13.1. The van der Waals surface area contributed by atoms with Gasteiger partial charge in [0.25, 0.3) is 0 Å². The fourth-order valence-electron chi connectivity index (χ4n) is 5.85. The average molecular weight is 376 g/mol. The first-order valence-electron chi connectivity index (χ1n) is 9.52. The van der Waals surface area contributed by atoms with E-state index in [9.17, 15) is 14.7 Å². The van der Waals surface area contributed by atoms with E-state index in [1.54, 1.807) is 0 Å². The molecular weight excluding hydrogens is 350 g/mol. The Kier molecular flexibility index (Phi) is 4.11. The Balaban J connectivity index is 1.52. The number of amides is 1. The summed E-state index contributed by atoms with van der Waals surface area (Å²) >= 11 is 5.97. The van der Waals surface area contributed by atoms with Crippen LogP contribution in [0.2, 0.25) is 5.02 Å². The van der Waals surface area contributed by atoms with Crippen molar-refractivity contribution in [2.75, 3.05) is 0 Å². The van der Waals surface area contributed by atoms with E-state index in [1.165, 1.54) is 0 Å². The minimum Gasteiger partial charge on any atom is -0.481 e. The van der Waals surface area contributed by atoms with Gasteiger partial charge >= 0.3 is 5.97 Å². The van der Waals surface area contributed by atoms with Crippen LogP contribution in [0.5, 0.6) is 0 Å². The van der Waals surface area contributed by atoms with Crippen molar-refractivity contribution in [3.63, 3.8) is 0 Å².